The summed E-state index contributed by atoms with van der Waals surface area (Å²) >= 11 is 0. The smallest absolute Gasteiger partial charge is 0.256 e. The van der Waals surface area contributed by atoms with E-state index < -0.39 is 15.6 Å². The van der Waals surface area contributed by atoms with Crippen LogP contribution in [0.5, 0.6) is 0 Å². The van der Waals surface area contributed by atoms with E-state index in [-0.39, 0.29) is 16.6 Å². The van der Waals surface area contributed by atoms with Gasteiger partial charge < -0.3 is 15.7 Å². The van der Waals surface area contributed by atoms with Gasteiger partial charge in [-0.3, -0.25) is 4.68 Å². The molecular weight excluding hydrogens is 566 g/mol. The highest BCUT2D eigenvalue weighted by Gasteiger charge is 2.61. The summed E-state index contributed by atoms with van der Waals surface area (Å²) in [6.07, 6.45) is 13.9. The number of aromatic nitrogens is 7. The molecule has 2 atom stereocenters. The zero-order valence-corrected chi connectivity index (χ0v) is 24.8. The van der Waals surface area contributed by atoms with E-state index in [0.717, 1.165) is 53.1 Å². The van der Waals surface area contributed by atoms with E-state index in [4.69, 9.17) is 0 Å². The van der Waals surface area contributed by atoms with Crippen LogP contribution in [0.3, 0.4) is 0 Å². The van der Waals surface area contributed by atoms with Crippen LogP contribution in [-0.2, 0) is 17.1 Å². The predicted molar refractivity (Wildman–Crippen MR) is 160 cm³/mol. The van der Waals surface area contributed by atoms with Crippen LogP contribution in [0.2, 0.25) is 0 Å². The van der Waals surface area contributed by atoms with Gasteiger partial charge in [0, 0.05) is 37.1 Å². The van der Waals surface area contributed by atoms with E-state index in [9.17, 15) is 13.5 Å². The Bertz CT molecular complexity index is 1860. The van der Waals surface area contributed by atoms with Crippen LogP contribution < -0.4 is 10.6 Å². The first-order valence-corrected chi connectivity index (χ1v) is 16.0. The monoisotopic (exact) mass is 599 g/mol. The summed E-state index contributed by atoms with van der Waals surface area (Å²) in [5.41, 5.74) is 2.14. The van der Waals surface area contributed by atoms with Crippen molar-refractivity contribution in [2.45, 2.75) is 55.8 Å². The van der Waals surface area contributed by atoms with Gasteiger partial charge in [0.15, 0.2) is 5.82 Å². The second-order valence-electron chi connectivity index (χ2n) is 12.1. The third-order valence-electron chi connectivity index (χ3n) is 8.77. The van der Waals surface area contributed by atoms with Gasteiger partial charge in [-0.1, -0.05) is 11.8 Å². The molecule has 0 radical (unpaired) electrons. The molecule has 2 unspecified atom stereocenters. The van der Waals surface area contributed by atoms with Gasteiger partial charge >= 0.3 is 0 Å². The molecular formula is C30H33N9O3S. The van der Waals surface area contributed by atoms with Crippen LogP contribution in [0, 0.1) is 17.3 Å². The van der Waals surface area contributed by atoms with E-state index in [1.165, 1.54) is 12.4 Å². The molecule has 5 heterocycles. The largest absolute Gasteiger partial charge is 0.389 e. The van der Waals surface area contributed by atoms with Crippen molar-refractivity contribution >= 4 is 21.7 Å². The zero-order chi connectivity index (χ0) is 29.8. The molecule has 4 aromatic rings. The van der Waals surface area contributed by atoms with E-state index in [0.29, 0.717) is 35.9 Å². The maximum absolute atomic E-state index is 12.6. The predicted octanol–water partition coefficient (Wildman–Crippen LogP) is 2.56. The SMILES string of the molecule is Cn1cc(C#Cc2cnc(Nc3ccnc(-c4cnn(S(=O)(=O)C5CC5)c4)n3)cc2C2C(C)(O)CC23CCNCC3)cn1. The molecule has 3 aliphatic rings. The van der Waals surface area contributed by atoms with E-state index in [1.54, 1.807) is 29.3 Å². The lowest BCUT2D eigenvalue weighted by Gasteiger charge is -2.61. The number of aryl methyl sites for hydroxylation is 1. The molecule has 12 nitrogen and oxygen atoms in total. The van der Waals surface area contributed by atoms with Gasteiger partial charge in [-0.15, -0.1) is 0 Å². The van der Waals surface area contributed by atoms with Gasteiger partial charge in [0.1, 0.15) is 11.6 Å². The van der Waals surface area contributed by atoms with Crippen molar-refractivity contribution in [3.8, 4) is 23.2 Å². The highest BCUT2D eigenvalue weighted by Crippen LogP contribution is 2.63. The Morgan fingerprint density at radius 1 is 1.07 bits per heavy atom. The summed E-state index contributed by atoms with van der Waals surface area (Å²) < 4.78 is 27.9. The summed E-state index contributed by atoms with van der Waals surface area (Å²) in [7, 11) is -1.63. The Hall–Kier alpha value is -4.12. The first kappa shape index (κ1) is 27.7. The number of nitrogens with one attached hydrogen (secondary N) is 2. The van der Waals surface area contributed by atoms with Crippen LogP contribution in [-0.4, -0.2) is 71.4 Å². The summed E-state index contributed by atoms with van der Waals surface area (Å²) in [6, 6.07) is 3.69. The Morgan fingerprint density at radius 3 is 2.60 bits per heavy atom. The van der Waals surface area contributed by atoms with Crippen molar-refractivity contribution in [3.05, 3.63) is 66.0 Å². The van der Waals surface area contributed by atoms with Crippen LogP contribution in [0.15, 0.2) is 49.3 Å². The summed E-state index contributed by atoms with van der Waals surface area (Å²) in [5, 5.41) is 26.1. The fourth-order valence-electron chi connectivity index (χ4n) is 6.78. The topological polar surface area (TPSA) is 153 Å². The number of pyridine rings is 1. The van der Waals surface area contributed by atoms with E-state index >= 15 is 0 Å². The number of hydrogen-bond donors (Lipinski definition) is 3. The maximum atomic E-state index is 12.6. The van der Waals surface area contributed by atoms with E-state index in [1.807, 2.05) is 26.2 Å². The summed E-state index contributed by atoms with van der Waals surface area (Å²) in [5.74, 6) is 7.79. The maximum Gasteiger partial charge on any atom is 0.256 e. The molecule has 1 saturated heterocycles. The molecule has 1 aliphatic heterocycles. The Labute approximate surface area is 250 Å². The number of piperidine rings is 1. The zero-order valence-electron chi connectivity index (χ0n) is 24.0. The standard InChI is InChI=1S/C30H33N9O3S/c1-29(40)19-30(8-11-31-12-9-30)27(29)24-13-26(33-15-21(24)4-3-20-14-34-38(2)17-20)36-25-7-10-32-28(37-25)22-16-35-39(18-22)43(41,42)23-5-6-23/h7,10,13-18,23,27,31,40H,5-6,8-9,11-12,19H2,1-2H3,(H,32,33,36,37). The summed E-state index contributed by atoms with van der Waals surface area (Å²) in [4.78, 5) is 13.6. The molecule has 13 heteroatoms. The van der Waals surface area contributed by atoms with Crippen molar-refractivity contribution in [1.82, 2.24) is 39.2 Å². The molecule has 2 saturated carbocycles. The van der Waals surface area contributed by atoms with Gasteiger partial charge in [-0.2, -0.15) is 14.3 Å². The fraction of sp³-hybridized carbons (Fsp3) is 0.433. The molecule has 0 amide bonds. The lowest BCUT2D eigenvalue weighted by atomic mass is 9.46. The first-order valence-electron chi connectivity index (χ1n) is 14.5. The highest BCUT2D eigenvalue weighted by molar-refractivity contribution is 7.90. The van der Waals surface area contributed by atoms with Gasteiger partial charge in [0.05, 0.1) is 40.6 Å². The Kier molecular flexibility index (Phi) is 6.61. The van der Waals surface area contributed by atoms with Gasteiger partial charge in [0.25, 0.3) is 10.0 Å². The van der Waals surface area contributed by atoms with Crippen LogP contribution in [0.4, 0.5) is 11.6 Å². The lowest BCUT2D eigenvalue weighted by Crippen LogP contribution is -2.61. The Morgan fingerprint density at radius 2 is 1.88 bits per heavy atom. The summed E-state index contributed by atoms with van der Waals surface area (Å²) in [6.45, 7) is 3.75. The molecule has 222 valence electrons. The average molecular weight is 600 g/mol. The molecule has 3 fully saturated rings. The minimum absolute atomic E-state index is 0.0127. The average Bonchev–Trinajstić information content (AvgIpc) is 3.57. The number of anilines is 2. The van der Waals surface area contributed by atoms with Crippen molar-refractivity contribution in [2.24, 2.45) is 12.5 Å². The third kappa shape index (κ3) is 5.20. The molecule has 7 rings (SSSR count). The van der Waals surface area contributed by atoms with Crippen LogP contribution in [0.1, 0.15) is 61.6 Å². The molecule has 0 bridgehead atoms. The Balaban J connectivity index is 1.22. The van der Waals surface area contributed by atoms with Crippen molar-refractivity contribution in [1.29, 1.82) is 0 Å². The van der Waals surface area contributed by atoms with Crippen LogP contribution in [0.25, 0.3) is 11.4 Å². The minimum Gasteiger partial charge on any atom is -0.389 e. The normalized spacial score (nSPS) is 22.9. The van der Waals surface area contributed by atoms with Gasteiger partial charge in [-0.25, -0.2) is 23.4 Å². The van der Waals surface area contributed by atoms with Gasteiger partial charge in [-0.05, 0) is 75.2 Å². The number of nitrogens with zero attached hydrogens (tertiary/aromatic N) is 7. The first-order chi connectivity index (χ1) is 20.6. The van der Waals surface area contributed by atoms with Crippen LogP contribution >= 0.6 is 0 Å². The second kappa shape index (κ2) is 10.3. The molecule has 3 N–H and O–H groups in total. The molecule has 2 aliphatic carbocycles. The number of aliphatic hydroxyl groups is 1. The number of hydrogen-bond acceptors (Lipinski definition) is 10. The quantitative estimate of drug-likeness (QED) is 0.282. The molecule has 43 heavy (non-hydrogen) atoms. The highest BCUT2D eigenvalue weighted by atomic mass is 32.2. The van der Waals surface area contributed by atoms with Crippen molar-refractivity contribution in [2.75, 3.05) is 18.4 Å². The van der Waals surface area contributed by atoms with E-state index in [2.05, 4.69) is 47.6 Å². The second-order valence-corrected chi connectivity index (χ2v) is 14.2. The fourth-order valence-corrected chi connectivity index (χ4v) is 8.26. The lowest BCUT2D eigenvalue weighted by molar-refractivity contribution is -0.155. The minimum atomic E-state index is -3.48. The third-order valence-corrected chi connectivity index (χ3v) is 10.8. The van der Waals surface area contributed by atoms with Crippen molar-refractivity contribution < 1.29 is 13.5 Å². The molecule has 4 aromatic heterocycles. The van der Waals surface area contributed by atoms with Crippen molar-refractivity contribution in [3.63, 3.8) is 0 Å². The molecule has 1 spiro atoms. The molecule has 0 aromatic carbocycles. The number of rotatable bonds is 6. The van der Waals surface area contributed by atoms with Gasteiger partial charge in [0.2, 0.25) is 0 Å².